The van der Waals surface area contributed by atoms with Crippen LogP contribution in [0.15, 0.2) is 0 Å². The zero-order chi connectivity index (χ0) is 14.2. The molecule has 1 aliphatic carbocycles. The van der Waals surface area contributed by atoms with Crippen LogP contribution in [0, 0.1) is 17.2 Å². The molecule has 3 atom stereocenters. The first kappa shape index (κ1) is 14.3. The predicted octanol–water partition coefficient (Wildman–Crippen LogP) is 1.44. The minimum Gasteiger partial charge on any atom is -0.298 e. The van der Waals surface area contributed by atoms with Gasteiger partial charge in [-0.25, -0.2) is 0 Å². The van der Waals surface area contributed by atoms with Crippen LogP contribution >= 0.6 is 0 Å². The maximum Gasteiger partial charge on any atom is 0.122 e. The van der Waals surface area contributed by atoms with Gasteiger partial charge in [-0.2, -0.15) is 5.26 Å². The van der Waals surface area contributed by atoms with Gasteiger partial charge in [0.05, 0.1) is 6.07 Å². The molecular formula is C16H28N4. The number of piperazine rings is 1. The van der Waals surface area contributed by atoms with Crippen molar-refractivity contribution < 1.29 is 0 Å². The molecule has 3 fully saturated rings. The van der Waals surface area contributed by atoms with E-state index in [9.17, 15) is 5.26 Å². The monoisotopic (exact) mass is 276 g/mol. The van der Waals surface area contributed by atoms with E-state index in [1.165, 1.54) is 38.8 Å². The first-order valence-corrected chi connectivity index (χ1v) is 8.33. The van der Waals surface area contributed by atoms with E-state index in [1.807, 2.05) is 0 Å². The van der Waals surface area contributed by atoms with Gasteiger partial charge < -0.3 is 0 Å². The van der Waals surface area contributed by atoms with Gasteiger partial charge >= 0.3 is 0 Å². The molecule has 20 heavy (non-hydrogen) atoms. The van der Waals surface area contributed by atoms with Crippen LogP contribution in [0.1, 0.15) is 39.5 Å². The molecule has 2 heterocycles. The number of nitrogens with one attached hydrogen (secondary N) is 1. The number of hydrogen-bond donors (Lipinski definition) is 1. The maximum atomic E-state index is 9.77. The number of likely N-dealkylation sites (N-methyl/N-ethyl adjacent to an activating group) is 1. The molecule has 0 spiro atoms. The lowest BCUT2D eigenvalue weighted by Crippen LogP contribution is -2.62. The van der Waals surface area contributed by atoms with E-state index in [2.05, 4.69) is 35.0 Å². The number of nitriles is 1. The molecule has 4 heteroatoms. The third-order valence-corrected chi connectivity index (χ3v) is 5.48. The van der Waals surface area contributed by atoms with Gasteiger partial charge in [-0.1, -0.05) is 6.92 Å². The number of hydrogen-bond acceptors (Lipinski definition) is 4. The molecule has 1 saturated carbocycles. The van der Waals surface area contributed by atoms with Crippen LogP contribution in [0.2, 0.25) is 0 Å². The van der Waals surface area contributed by atoms with E-state index >= 15 is 0 Å². The number of fused-ring (bicyclic) bond motifs is 1. The van der Waals surface area contributed by atoms with Gasteiger partial charge in [0.25, 0.3) is 0 Å². The topological polar surface area (TPSA) is 42.3 Å². The molecule has 0 bridgehead atoms. The molecular weight excluding hydrogens is 248 g/mol. The maximum absolute atomic E-state index is 9.77. The SMILES string of the molecule is CCNC(C#N)(CN1CC2CCCN2CC1C)C1CC1. The van der Waals surface area contributed by atoms with E-state index < -0.39 is 0 Å². The predicted molar refractivity (Wildman–Crippen MR) is 80.4 cm³/mol. The lowest BCUT2D eigenvalue weighted by molar-refractivity contribution is 0.0419. The molecule has 1 N–H and O–H groups in total. The number of rotatable bonds is 5. The average molecular weight is 276 g/mol. The third kappa shape index (κ3) is 2.59. The highest BCUT2D eigenvalue weighted by molar-refractivity contribution is 5.17. The Labute approximate surface area is 123 Å². The van der Waals surface area contributed by atoms with E-state index in [4.69, 9.17) is 0 Å². The summed E-state index contributed by atoms with van der Waals surface area (Å²) < 4.78 is 0. The van der Waals surface area contributed by atoms with Crippen LogP contribution < -0.4 is 5.32 Å². The smallest absolute Gasteiger partial charge is 0.122 e. The van der Waals surface area contributed by atoms with Gasteiger partial charge in [-0.05, 0) is 51.6 Å². The van der Waals surface area contributed by atoms with Crippen LogP contribution in [-0.4, -0.2) is 60.1 Å². The average Bonchev–Trinajstić information content (AvgIpc) is 3.20. The lowest BCUT2D eigenvalue weighted by Gasteiger charge is -2.45. The molecule has 2 saturated heterocycles. The molecule has 3 rings (SSSR count). The molecule has 3 aliphatic rings. The summed E-state index contributed by atoms with van der Waals surface area (Å²) in [5, 5.41) is 13.3. The van der Waals surface area contributed by atoms with Crippen molar-refractivity contribution in [2.75, 3.05) is 32.7 Å². The Balaban J connectivity index is 1.70. The van der Waals surface area contributed by atoms with Crippen molar-refractivity contribution in [1.29, 1.82) is 5.26 Å². The second-order valence-electron chi connectivity index (χ2n) is 6.96. The summed E-state index contributed by atoms with van der Waals surface area (Å²) in [5.41, 5.74) is -0.302. The fourth-order valence-electron chi connectivity index (χ4n) is 4.18. The Morgan fingerprint density at radius 3 is 2.75 bits per heavy atom. The summed E-state index contributed by atoms with van der Waals surface area (Å²) in [4.78, 5) is 5.23. The highest BCUT2D eigenvalue weighted by Crippen LogP contribution is 2.40. The van der Waals surface area contributed by atoms with Gasteiger partial charge in [-0.15, -0.1) is 0 Å². The van der Waals surface area contributed by atoms with Gasteiger partial charge in [0.15, 0.2) is 0 Å². The highest BCUT2D eigenvalue weighted by Gasteiger charge is 2.48. The van der Waals surface area contributed by atoms with E-state index in [0.29, 0.717) is 12.0 Å². The largest absolute Gasteiger partial charge is 0.298 e. The molecule has 112 valence electrons. The fraction of sp³-hybridized carbons (Fsp3) is 0.938. The van der Waals surface area contributed by atoms with Crippen molar-refractivity contribution in [1.82, 2.24) is 15.1 Å². The standard InChI is InChI=1S/C16H28N4/c1-3-18-16(11-17,14-6-7-14)12-20-10-15-5-4-8-19(15)9-13(20)2/h13-15,18H,3-10,12H2,1-2H3. The van der Waals surface area contributed by atoms with E-state index in [0.717, 1.165) is 25.7 Å². The van der Waals surface area contributed by atoms with Crippen molar-refractivity contribution in [3.8, 4) is 6.07 Å². The third-order valence-electron chi connectivity index (χ3n) is 5.48. The normalized spacial score (nSPS) is 34.5. The summed E-state index contributed by atoms with van der Waals surface area (Å²) in [6, 6.07) is 3.96. The first-order chi connectivity index (χ1) is 9.68. The molecule has 0 amide bonds. The second kappa shape index (κ2) is 5.63. The Morgan fingerprint density at radius 1 is 1.30 bits per heavy atom. The summed E-state index contributed by atoms with van der Waals surface area (Å²) in [5.74, 6) is 0.571. The number of nitrogens with zero attached hydrogens (tertiary/aromatic N) is 3. The Morgan fingerprint density at radius 2 is 2.10 bits per heavy atom. The van der Waals surface area contributed by atoms with Crippen molar-refractivity contribution >= 4 is 0 Å². The molecule has 0 aromatic rings. The lowest BCUT2D eigenvalue weighted by atomic mass is 9.92. The van der Waals surface area contributed by atoms with Crippen molar-refractivity contribution in [2.45, 2.75) is 57.2 Å². The zero-order valence-corrected chi connectivity index (χ0v) is 12.9. The van der Waals surface area contributed by atoms with Crippen molar-refractivity contribution in [3.05, 3.63) is 0 Å². The van der Waals surface area contributed by atoms with Crippen LogP contribution in [0.3, 0.4) is 0 Å². The van der Waals surface area contributed by atoms with Crippen molar-refractivity contribution in [2.24, 2.45) is 5.92 Å². The molecule has 3 unspecified atom stereocenters. The quantitative estimate of drug-likeness (QED) is 0.825. The molecule has 0 aromatic heterocycles. The summed E-state index contributed by atoms with van der Waals surface area (Å²) >= 11 is 0. The fourth-order valence-corrected chi connectivity index (χ4v) is 4.18. The van der Waals surface area contributed by atoms with E-state index in [-0.39, 0.29) is 5.54 Å². The minimum atomic E-state index is -0.302. The second-order valence-corrected chi connectivity index (χ2v) is 6.96. The Bertz CT molecular complexity index is 386. The molecule has 4 nitrogen and oxygen atoms in total. The molecule has 0 radical (unpaired) electrons. The van der Waals surface area contributed by atoms with Crippen LogP contribution in [0.25, 0.3) is 0 Å². The molecule has 2 aliphatic heterocycles. The van der Waals surface area contributed by atoms with Crippen LogP contribution in [-0.2, 0) is 0 Å². The Hall–Kier alpha value is -0.630. The van der Waals surface area contributed by atoms with Gasteiger partial charge in [-0.3, -0.25) is 15.1 Å². The zero-order valence-electron chi connectivity index (χ0n) is 12.9. The first-order valence-electron chi connectivity index (χ1n) is 8.33. The summed E-state index contributed by atoms with van der Waals surface area (Å²) in [6.07, 6.45) is 5.13. The molecule has 0 aromatic carbocycles. The van der Waals surface area contributed by atoms with Gasteiger partial charge in [0.1, 0.15) is 5.54 Å². The highest BCUT2D eigenvalue weighted by atomic mass is 15.3. The summed E-state index contributed by atoms with van der Waals surface area (Å²) in [7, 11) is 0. The van der Waals surface area contributed by atoms with Gasteiger partial charge in [0.2, 0.25) is 0 Å². The van der Waals surface area contributed by atoms with Gasteiger partial charge in [0, 0.05) is 31.7 Å². The van der Waals surface area contributed by atoms with E-state index in [1.54, 1.807) is 0 Å². The minimum absolute atomic E-state index is 0.302. The van der Waals surface area contributed by atoms with Crippen molar-refractivity contribution in [3.63, 3.8) is 0 Å². The summed E-state index contributed by atoms with van der Waals surface area (Å²) in [6.45, 7) is 9.87. The van der Waals surface area contributed by atoms with Crippen LogP contribution in [0.4, 0.5) is 0 Å². The Kier molecular flexibility index (Phi) is 4.03. The van der Waals surface area contributed by atoms with Crippen LogP contribution in [0.5, 0.6) is 0 Å².